The molecule has 5 rings (SSSR count). The van der Waals surface area contributed by atoms with E-state index in [2.05, 4.69) is 10.6 Å². The number of benzene rings is 3. The first-order chi connectivity index (χ1) is 20.1. The average molecular weight is 574 g/mol. The number of likely N-dealkylation sites (N-methyl/N-ethyl adjacent to an activating group) is 1. The molecule has 0 spiro atoms. The molecule has 2 amide bonds. The van der Waals surface area contributed by atoms with Gasteiger partial charge < -0.3 is 34.2 Å². The van der Waals surface area contributed by atoms with Crippen molar-refractivity contribution < 1.29 is 32.6 Å². The number of methoxy groups -OCH3 is 1. The van der Waals surface area contributed by atoms with Crippen molar-refractivity contribution in [3.8, 4) is 28.4 Å². The Kier molecular flexibility index (Phi) is 7.80. The number of amides is 2. The summed E-state index contributed by atoms with van der Waals surface area (Å²) < 4.78 is 36.6. The van der Waals surface area contributed by atoms with Crippen molar-refractivity contribution in [3.63, 3.8) is 0 Å². The minimum atomic E-state index is -0.811. The minimum absolute atomic E-state index is 0.0408. The summed E-state index contributed by atoms with van der Waals surface area (Å²) in [5.74, 6) is 1.17. The Labute approximate surface area is 243 Å². The lowest BCUT2D eigenvalue weighted by Gasteiger charge is -2.39. The third-order valence-corrected chi connectivity index (χ3v) is 7.09. The molecule has 0 saturated carbocycles. The van der Waals surface area contributed by atoms with Gasteiger partial charge in [-0.3, -0.25) is 4.79 Å². The van der Waals surface area contributed by atoms with Crippen LogP contribution in [0.4, 0.5) is 20.6 Å². The Bertz CT molecular complexity index is 1630. The highest BCUT2D eigenvalue weighted by atomic mass is 19.1. The first kappa shape index (κ1) is 28.5. The van der Waals surface area contributed by atoms with E-state index >= 15 is 0 Å². The quantitative estimate of drug-likeness (QED) is 0.250. The van der Waals surface area contributed by atoms with Crippen molar-refractivity contribution in [2.75, 3.05) is 24.4 Å². The van der Waals surface area contributed by atoms with Gasteiger partial charge in [0.15, 0.2) is 0 Å². The predicted octanol–water partition coefficient (Wildman–Crippen LogP) is 6.44. The van der Waals surface area contributed by atoms with Crippen LogP contribution in [0.25, 0.3) is 11.1 Å². The monoisotopic (exact) mass is 573 g/mol. The van der Waals surface area contributed by atoms with Crippen molar-refractivity contribution in [1.82, 2.24) is 5.32 Å². The van der Waals surface area contributed by atoms with Crippen LogP contribution in [0.1, 0.15) is 30.7 Å². The molecule has 9 nitrogen and oxygen atoms in total. The molecule has 3 aromatic carbocycles. The van der Waals surface area contributed by atoms with Crippen LogP contribution in [0, 0.1) is 12.7 Å². The van der Waals surface area contributed by atoms with Gasteiger partial charge in [-0.25, -0.2) is 9.18 Å². The van der Waals surface area contributed by atoms with Crippen LogP contribution in [-0.2, 0) is 17.9 Å². The van der Waals surface area contributed by atoms with Gasteiger partial charge in [0.1, 0.15) is 41.0 Å². The maximum absolute atomic E-state index is 14.0. The zero-order valence-corrected chi connectivity index (χ0v) is 24.0. The Morgan fingerprint density at radius 1 is 1.07 bits per heavy atom. The number of hydrogen-bond acceptors (Lipinski definition) is 7. The maximum Gasteiger partial charge on any atom is 0.412 e. The van der Waals surface area contributed by atoms with Crippen LogP contribution in [0.3, 0.4) is 0 Å². The summed E-state index contributed by atoms with van der Waals surface area (Å²) in [6.07, 6.45) is 0.874. The molecule has 0 atom stereocenters. The molecule has 1 aromatic heterocycles. The minimum Gasteiger partial charge on any atom is -0.496 e. The van der Waals surface area contributed by atoms with Crippen molar-refractivity contribution in [1.29, 1.82) is 0 Å². The van der Waals surface area contributed by atoms with Crippen LogP contribution >= 0.6 is 0 Å². The highest BCUT2D eigenvalue weighted by Crippen LogP contribution is 2.45. The molecule has 218 valence electrons. The Hall–Kier alpha value is -4.99. The molecular weight excluding hydrogens is 541 g/mol. The lowest BCUT2D eigenvalue weighted by molar-refractivity contribution is -0.121. The number of carbonyl (C=O) groups excluding carboxylic acids is 2. The predicted molar refractivity (Wildman–Crippen MR) is 157 cm³/mol. The molecule has 4 aromatic rings. The number of nitrogens with zero attached hydrogens (tertiary/aromatic N) is 1. The molecule has 0 unspecified atom stereocenters. The van der Waals surface area contributed by atoms with Crippen LogP contribution < -0.4 is 29.7 Å². The number of anilines is 2. The van der Waals surface area contributed by atoms with Gasteiger partial charge in [0.2, 0.25) is 0 Å². The summed E-state index contributed by atoms with van der Waals surface area (Å²) in [6.45, 7) is 5.70. The molecular formula is C32H32FN3O6. The summed E-state index contributed by atoms with van der Waals surface area (Å²) in [7, 11) is 3.24. The number of aryl methyl sites for hydroxylation is 1. The molecule has 0 saturated heterocycles. The first-order valence-electron chi connectivity index (χ1n) is 13.3. The summed E-state index contributed by atoms with van der Waals surface area (Å²) in [5.41, 5.74) is 3.47. The number of furan rings is 1. The fraction of sp³-hybridized carbons (Fsp3) is 0.250. The van der Waals surface area contributed by atoms with Gasteiger partial charge in [0.25, 0.3) is 5.91 Å². The summed E-state index contributed by atoms with van der Waals surface area (Å²) >= 11 is 0. The Balaban J connectivity index is 1.51. The molecule has 10 heteroatoms. The number of halogens is 1. The van der Waals surface area contributed by atoms with Crippen LogP contribution in [-0.4, -0.2) is 31.7 Å². The number of nitrogens with one attached hydrogen (secondary N) is 2. The number of fused-ring (bicyclic) bond motifs is 1. The third kappa shape index (κ3) is 5.74. The van der Waals surface area contributed by atoms with E-state index in [1.165, 1.54) is 25.5 Å². The van der Waals surface area contributed by atoms with E-state index in [-0.39, 0.29) is 24.8 Å². The van der Waals surface area contributed by atoms with Crippen molar-refractivity contribution in [2.45, 2.75) is 39.5 Å². The summed E-state index contributed by atoms with van der Waals surface area (Å²) in [5, 5.41) is 5.96. The van der Waals surface area contributed by atoms with Gasteiger partial charge in [0.05, 0.1) is 31.3 Å². The number of hydrogen-bond donors (Lipinski definition) is 2. The van der Waals surface area contributed by atoms with Crippen LogP contribution in [0.15, 0.2) is 71.3 Å². The third-order valence-electron chi connectivity index (χ3n) is 7.09. The van der Waals surface area contributed by atoms with Crippen molar-refractivity contribution in [2.24, 2.45) is 0 Å². The molecule has 1 aliphatic rings. The van der Waals surface area contributed by atoms with Crippen LogP contribution in [0.2, 0.25) is 0 Å². The Morgan fingerprint density at radius 3 is 2.60 bits per heavy atom. The number of rotatable bonds is 8. The highest BCUT2D eigenvalue weighted by Gasteiger charge is 2.38. The lowest BCUT2D eigenvalue weighted by atomic mass is 9.91. The highest BCUT2D eigenvalue weighted by molar-refractivity contribution is 6.08. The molecule has 0 fully saturated rings. The van der Waals surface area contributed by atoms with E-state index in [0.29, 0.717) is 34.1 Å². The summed E-state index contributed by atoms with van der Waals surface area (Å²) in [4.78, 5) is 27.2. The van der Waals surface area contributed by atoms with Crippen molar-refractivity contribution in [3.05, 3.63) is 89.6 Å². The molecule has 0 radical (unpaired) electrons. The van der Waals surface area contributed by atoms with E-state index in [9.17, 15) is 14.0 Å². The van der Waals surface area contributed by atoms with Crippen molar-refractivity contribution >= 4 is 23.4 Å². The SMILES string of the molecule is COc1cc(OC(=O)NCc2ccco2)ccc1-c1ccc2c(c1COc1cc(F)ccc1C)N(C)C(=O)C(C)(C)N2. The molecule has 0 aliphatic carbocycles. The standard InChI is InChI=1S/C32H32FN3O6/c1-19-8-9-20(33)15-27(19)41-18-25-23(12-13-26-29(25)36(4)30(37)32(2,3)35-26)24-11-10-21(16-28(24)39-5)42-31(38)34-17-22-7-6-14-40-22/h6-16,35H,17-18H2,1-5H3,(H,34,38). The zero-order valence-electron chi connectivity index (χ0n) is 24.0. The van der Waals surface area contributed by atoms with E-state index in [0.717, 1.165) is 16.8 Å². The van der Waals surface area contributed by atoms with Gasteiger partial charge in [-0.15, -0.1) is 0 Å². The van der Waals surface area contributed by atoms with Gasteiger partial charge in [-0.1, -0.05) is 12.1 Å². The first-order valence-corrected chi connectivity index (χ1v) is 13.3. The molecule has 42 heavy (non-hydrogen) atoms. The van der Waals surface area contributed by atoms with E-state index < -0.39 is 17.4 Å². The van der Waals surface area contributed by atoms with E-state index in [1.54, 1.807) is 48.3 Å². The maximum atomic E-state index is 14.0. The summed E-state index contributed by atoms with van der Waals surface area (Å²) in [6, 6.07) is 16.7. The molecule has 1 aliphatic heterocycles. The van der Waals surface area contributed by atoms with E-state index in [1.807, 2.05) is 32.9 Å². The van der Waals surface area contributed by atoms with Gasteiger partial charge in [0, 0.05) is 30.3 Å². The largest absolute Gasteiger partial charge is 0.496 e. The van der Waals surface area contributed by atoms with Crippen LogP contribution in [0.5, 0.6) is 17.2 Å². The number of carbonyl (C=O) groups is 2. The fourth-order valence-corrected chi connectivity index (χ4v) is 4.98. The second-order valence-electron chi connectivity index (χ2n) is 10.5. The zero-order chi connectivity index (χ0) is 30.0. The second kappa shape index (κ2) is 11.5. The number of ether oxygens (including phenoxy) is 3. The molecule has 2 heterocycles. The second-order valence-corrected chi connectivity index (χ2v) is 10.5. The van der Waals surface area contributed by atoms with E-state index in [4.69, 9.17) is 18.6 Å². The smallest absolute Gasteiger partial charge is 0.412 e. The fourth-order valence-electron chi connectivity index (χ4n) is 4.98. The normalized spacial score (nSPS) is 13.7. The topological polar surface area (TPSA) is 102 Å². The Morgan fingerprint density at radius 2 is 1.86 bits per heavy atom. The molecule has 2 N–H and O–H groups in total. The molecule has 0 bridgehead atoms. The average Bonchev–Trinajstić information content (AvgIpc) is 3.49. The lowest BCUT2D eigenvalue weighted by Crippen LogP contribution is -2.52. The van der Waals surface area contributed by atoms with Gasteiger partial charge in [-0.2, -0.15) is 0 Å². The van der Waals surface area contributed by atoms with Gasteiger partial charge in [-0.05, 0) is 68.3 Å². The van der Waals surface area contributed by atoms with Gasteiger partial charge >= 0.3 is 6.09 Å².